The average Bonchev–Trinajstić information content (AvgIpc) is 2.74. The van der Waals surface area contributed by atoms with Crippen LogP contribution >= 0.6 is 0 Å². The molecule has 0 saturated heterocycles. The van der Waals surface area contributed by atoms with Gasteiger partial charge in [-0.15, -0.1) is 0 Å². The summed E-state index contributed by atoms with van der Waals surface area (Å²) in [5.74, 6) is -0.0765. The fraction of sp³-hybridized carbons (Fsp3) is 0.375. The van der Waals surface area contributed by atoms with Crippen molar-refractivity contribution in [1.82, 2.24) is 10.2 Å². The summed E-state index contributed by atoms with van der Waals surface area (Å²) in [6.45, 7) is 6.02. The summed E-state index contributed by atoms with van der Waals surface area (Å²) in [6, 6.07) is 18.0. The van der Waals surface area contributed by atoms with Crippen LogP contribution in [-0.2, 0) is 22.1 Å². The van der Waals surface area contributed by atoms with Crippen LogP contribution in [0.4, 0.5) is 0 Å². The Bertz CT molecular complexity index is 788. The third-order valence-corrected chi connectivity index (χ3v) is 5.72. The molecule has 29 heavy (non-hydrogen) atoms. The van der Waals surface area contributed by atoms with Crippen LogP contribution in [0.15, 0.2) is 65.6 Å². The summed E-state index contributed by atoms with van der Waals surface area (Å²) in [5.41, 5.74) is 2.28. The van der Waals surface area contributed by atoms with Gasteiger partial charge in [0, 0.05) is 41.1 Å². The van der Waals surface area contributed by atoms with Gasteiger partial charge >= 0.3 is 0 Å². The van der Waals surface area contributed by atoms with Crippen LogP contribution in [0, 0.1) is 0 Å². The molecule has 5 heteroatoms. The van der Waals surface area contributed by atoms with Crippen molar-refractivity contribution >= 4 is 22.8 Å². The fourth-order valence-corrected chi connectivity index (χ4v) is 3.56. The van der Waals surface area contributed by atoms with E-state index in [-0.39, 0.29) is 5.91 Å². The van der Waals surface area contributed by atoms with Crippen molar-refractivity contribution in [3.8, 4) is 0 Å². The van der Waals surface area contributed by atoms with Gasteiger partial charge in [0.1, 0.15) is 0 Å². The zero-order valence-electron chi connectivity index (χ0n) is 17.5. The van der Waals surface area contributed by atoms with Gasteiger partial charge in [0.25, 0.3) is 0 Å². The smallest absolute Gasteiger partial charge is 0.243 e. The van der Waals surface area contributed by atoms with E-state index in [2.05, 4.69) is 47.5 Å². The molecule has 156 valence electrons. The first-order chi connectivity index (χ1) is 14.1. The molecule has 0 radical (unpaired) electrons. The summed E-state index contributed by atoms with van der Waals surface area (Å²) in [6.07, 6.45) is 8.21. The quantitative estimate of drug-likeness (QED) is 0.419. The number of nitrogens with zero attached hydrogens (tertiary/aromatic N) is 1. The van der Waals surface area contributed by atoms with Crippen molar-refractivity contribution in [3.05, 3.63) is 71.8 Å². The number of nitrogens with one attached hydrogen (secondary N) is 1. The third kappa shape index (κ3) is 9.20. The van der Waals surface area contributed by atoms with E-state index >= 15 is 0 Å². The molecule has 4 nitrogen and oxygen atoms in total. The Hall–Kier alpha value is -2.24. The Morgan fingerprint density at radius 1 is 1.03 bits per heavy atom. The molecule has 0 saturated carbocycles. The van der Waals surface area contributed by atoms with Gasteiger partial charge < -0.3 is 5.32 Å². The lowest BCUT2D eigenvalue weighted by molar-refractivity contribution is -0.116. The predicted molar refractivity (Wildman–Crippen MR) is 122 cm³/mol. The molecule has 0 fully saturated rings. The molecule has 0 heterocycles. The molecule has 1 atom stereocenters. The first-order valence-electron chi connectivity index (χ1n) is 10.2. The van der Waals surface area contributed by atoms with E-state index in [0.717, 1.165) is 49.4 Å². The van der Waals surface area contributed by atoms with E-state index in [1.807, 2.05) is 24.3 Å². The molecular formula is C24H32N2O2S. The number of hydrogen-bond donors (Lipinski definition) is 1. The summed E-state index contributed by atoms with van der Waals surface area (Å²) in [7, 11) is -0.978. The lowest BCUT2D eigenvalue weighted by Crippen LogP contribution is -2.25. The van der Waals surface area contributed by atoms with Crippen molar-refractivity contribution in [3.63, 3.8) is 0 Å². The van der Waals surface area contributed by atoms with E-state index in [1.54, 1.807) is 18.4 Å². The van der Waals surface area contributed by atoms with Crippen LogP contribution in [0.2, 0.25) is 0 Å². The Balaban J connectivity index is 1.59. The first-order valence-corrected chi connectivity index (χ1v) is 11.8. The van der Waals surface area contributed by atoms with Gasteiger partial charge in [0.15, 0.2) is 0 Å². The molecule has 0 aliphatic heterocycles. The second-order valence-corrected chi connectivity index (χ2v) is 8.44. The average molecular weight is 413 g/mol. The molecule has 2 rings (SSSR count). The molecule has 1 unspecified atom stereocenters. The second kappa shape index (κ2) is 13.1. The third-order valence-electron chi connectivity index (χ3n) is 4.79. The standard InChI is InChI=1S/C24H32N2O2S/c1-3-26(20-22-10-6-4-7-11-22)19-9-5-8-18-25-24(27)17-14-21-12-15-23(16-13-21)29(2)28/h4,6-7,10-17H,3,5,8-9,18-20H2,1-2H3,(H,25,27)/b17-14+. The van der Waals surface area contributed by atoms with Crippen LogP contribution in [-0.4, -0.2) is 40.9 Å². The molecule has 0 aliphatic rings. The Morgan fingerprint density at radius 3 is 2.41 bits per heavy atom. The maximum Gasteiger partial charge on any atom is 0.243 e. The number of benzene rings is 2. The normalized spacial score (nSPS) is 12.4. The molecule has 0 aliphatic carbocycles. The van der Waals surface area contributed by atoms with Crippen molar-refractivity contribution in [2.45, 2.75) is 37.6 Å². The van der Waals surface area contributed by atoms with Gasteiger partial charge in [-0.25, -0.2) is 0 Å². The van der Waals surface area contributed by atoms with Crippen molar-refractivity contribution in [1.29, 1.82) is 0 Å². The molecule has 1 amide bonds. The van der Waals surface area contributed by atoms with E-state index in [9.17, 15) is 9.00 Å². The minimum absolute atomic E-state index is 0.0765. The second-order valence-electron chi connectivity index (χ2n) is 7.06. The molecular weight excluding hydrogens is 380 g/mol. The minimum Gasteiger partial charge on any atom is -0.353 e. The number of carbonyl (C=O) groups excluding carboxylic acids is 1. The molecule has 0 aromatic heterocycles. The lowest BCUT2D eigenvalue weighted by Gasteiger charge is -2.20. The van der Waals surface area contributed by atoms with Crippen LogP contribution in [0.1, 0.15) is 37.3 Å². The number of rotatable bonds is 12. The Kier molecular flexibility index (Phi) is 10.4. The van der Waals surface area contributed by atoms with E-state index in [1.165, 1.54) is 5.56 Å². The van der Waals surface area contributed by atoms with Crippen LogP contribution in [0.3, 0.4) is 0 Å². The van der Waals surface area contributed by atoms with Gasteiger partial charge in [0.2, 0.25) is 5.91 Å². The minimum atomic E-state index is -0.978. The topological polar surface area (TPSA) is 49.4 Å². The van der Waals surface area contributed by atoms with E-state index in [4.69, 9.17) is 0 Å². The van der Waals surface area contributed by atoms with Crippen LogP contribution < -0.4 is 5.32 Å². The molecule has 2 aromatic rings. The lowest BCUT2D eigenvalue weighted by atomic mass is 10.2. The van der Waals surface area contributed by atoms with Crippen LogP contribution in [0.5, 0.6) is 0 Å². The maximum absolute atomic E-state index is 11.9. The highest BCUT2D eigenvalue weighted by Crippen LogP contribution is 2.09. The number of unbranched alkanes of at least 4 members (excludes halogenated alkanes) is 2. The van der Waals surface area contributed by atoms with Crippen LogP contribution in [0.25, 0.3) is 6.08 Å². The number of hydrogen-bond acceptors (Lipinski definition) is 3. The van der Waals surface area contributed by atoms with Gasteiger partial charge in [-0.2, -0.15) is 0 Å². The van der Waals surface area contributed by atoms with Gasteiger partial charge in [-0.3, -0.25) is 13.9 Å². The highest BCUT2D eigenvalue weighted by Gasteiger charge is 2.03. The summed E-state index contributed by atoms with van der Waals surface area (Å²) >= 11 is 0. The predicted octanol–water partition coefficient (Wildman–Crippen LogP) is 4.25. The van der Waals surface area contributed by atoms with E-state index in [0.29, 0.717) is 6.54 Å². The van der Waals surface area contributed by atoms with Crippen molar-refractivity contribution in [2.24, 2.45) is 0 Å². The largest absolute Gasteiger partial charge is 0.353 e. The first kappa shape index (κ1) is 23.0. The Morgan fingerprint density at radius 2 is 1.76 bits per heavy atom. The SMILES string of the molecule is CCN(CCCCCNC(=O)/C=C/c1ccc(S(C)=O)cc1)Cc1ccccc1. The highest BCUT2D eigenvalue weighted by atomic mass is 32.2. The van der Waals surface area contributed by atoms with Gasteiger partial charge in [0.05, 0.1) is 0 Å². The molecule has 2 aromatic carbocycles. The molecule has 1 N–H and O–H groups in total. The zero-order valence-corrected chi connectivity index (χ0v) is 18.3. The van der Waals surface area contributed by atoms with Crippen molar-refractivity contribution < 1.29 is 9.00 Å². The fourth-order valence-electron chi connectivity index (χ4n) is 3.04. The van der Waals surface area contributed by atoms with Gasteiger partial charge in [-0.1, -0.05) is 55.8 Å². The molecule has 0 bridgehead atoms. The van der Waals surface area contributed by atoms with Crippen molar-refractivity contribution in [2.75, 3.05) is 25.9 Å². The maximum atomic E-state index is 11.9. The number of amides is 1. The molecule has 0 spiro atoms. The van der Waals surface area contributed by atoms with E-state index < -0.39 is 10.8 Å². The number of carbonyl (C=O) groups is 1. The summed E-state index contributed by atoms with van der Waals surface area (Å²) < 4.78 is 11.4. The summed E-state index contributed by atoms with van der Waals surface area (Å²) in [4.78, 5) is 15.2. The highest BCUT2D eigenvalue weighted by molar-refractivity contribution is 7.84. The summed E-state index contributed by atoms with van der Waals surface area (Å²) in [5, 5.41) is 2.94. The monoisotopic (exact) mass is 412 g/mol. The zero-order chi connectivity index (χ0) is 20.9. The Labute approximate surface area is 177 Å². The van der Waals surface area contributed by atoms with Gasteiger partial charge in [-0.05, 0) is 55.3 Å².